The summed E-state index contributed by atoms with van der Waals surface area (Å²) in [6.07, 6.45) is 4.82. The number of halogens is 2. The lowest BCUT2D eigenvalue weighted by atomic mass is 10.1. The van der Waals surface area contributed by atoms with Gasteiger partial charge in [-0.2, -0.15) is 0 Å². The smallest absolute Gasteiger partial charge is 0.227 e. The van der Waals surface area contributed by atoms with Crippen LogP contribution in [0.15, 0.2) is 48.8 Å². The molecular weight excluding hydrogens is 333 g/mol. The van der Waals surface area contributed by atoms with Crippen LogP contribution in [0.2, 0.25) is 0 Å². The molecule has 1 aliphatic heterocycles. The lowest BCUT2D eigenvalue weighted by molar-refractivity contribution is -0.118. The van der Waals surface area contributed by atoms with Crippen LogP contribution < -0.4 is 10.2 Å². The van der Waals surface area contributed by atoms with Gasteiger partial charge in [0.2, 0.25) is 5.91 Å². The number of fused-ring (bicyclic) bond motifs is 1. The molecule has 0 unspecified atom stereocenters. The number of hydrogen-bond donors (Lipinski definition) is 1. The molecule has 3 rings (SSSR count). The molecule has 0 saturated carbocycles. The molecule has 0 spiro atoms. The van der Waals surface area contributed by atoms with Crippen molar-refractivity contribution in [1.82, 2.24) is 10.3 Å². The number of pyridine rings is 1. The van der Waals surface area contributed by atoms with E-state index in [4.69, 9.17) is 0 Å². The third-order valence-electron chi connectivity index (χ3n) is 3.79. The summed E-state index contributed by atoms with van der Waals surface area (Å²) < 4.78 is 0. The SMILES string of the molecule is Cl.Cl.O=C(CCc1ccncc1)N1CCNCc2ccccc21. The van der Waals surface area contributed by atoms with Crippen LogP contribution in [0.3, 0.4) is 0 Å². The van der Waals surface area contributed by atoms with Gasteiger partial charge in [-0.25, -0.2) is 0 Å². The molecule has 1 N–H and O–H groups in total. The minimum Gasteiger partial charge on any atom is -0.311 e. The maximum Gasteiger partial charge on any atom is 0.227 e. The van der Waals surface area contributed by atoms with Crippen LogP contribution in [0, 0.1) is 0 Å². The van der Waals surface area contributed by atoms with Crippen molar-refractivity contribution < 1.29 is 4.79 Å². The van der Waals surface area contributed by atoms with Gasteiger partial charge in [-0.1, -0.05) is 18.2 Å². The number of para-hydroxylation sites is 1. The number of amides is 1. The zero-order valence-corrected chi connectivity index (χ0v) is 14.4. The molecule has 0 saturated heterocycles. The highest BCUT2D eigenvalue weighted by Crippen LogP contribution is 2.23. The third-order valence-corrected chi connectivity index (χ3v) is 3.79. The molecule has 23 heavy (non-hydrogen) atoms. The Balaban J connectivity index is 0.00000132. The molecule has 0 bridgehead atoms. The third kappa shape index (κ3) is 4.93. The van der Waals surface area contributed by atoms with Crippen molar-refractivity contribution in [3.05, 3.63) is 59.9 Å². The van der Waals surface area contributed by atoms with Gasteiger partial charge in [-0.05, 0) is 35.7 Å². The summed E-state index contributed by atoms with van der Waals surface area (Å²) in [5.74, 6) is 0.183. The molecule has 6 heteroatoms. The van der Waals surface area contributed by atoms with Crippen molar-refractivity contribution in [1.29, 1.82) is 0 Å². The molecule has 0 aliphatic carbocycles. The van der Waals surface area contributed by atoms with Gasteiger partial charge in [0.1, 0.15) is 0 Å². The van der Waals surface area contributed by atoms with Crippen molar-refractivity contribution in [2.75, 3.05) is 18.0 Å². The van der Waals surface area contributed by atoms with Crippen LogP contribution in [-0.4, -0.2) is 24.0 Å². The molecule has 0 fully saturated rings. The Morgan fingerprint density at radius 3 is 2.65 bits per heavy atom. The highest BCUT2D eigenvalue weighted by atomic mass is 35.5. The number of aromatic nitrogens is 1. The number of rotatable bonds is 3. The molecule has 1 aliphatic rings. The Kier molecular flexibility index (Phi) is 8.03. The zero-order chi connectivity index (χ0) is 14.5. The van der Waals surface area contributed by atoms with Crippen molar-refractivity contribution in [3.8, 4) is 0 Å². The number of hydrogen-bond acceptors (Lipinski definition) is 3. The van der Waals surface area contributed by atoms with Crippen LogP contribution in [0.1, 0.15) is 17.5 Å². The van der Waals surface area contributed by atoms with E-state index in [1.54, 1.807) is 12.4 Å². The normalized spacial score (nSPS) is 13.1. The van der Waals surface area contributed by atoms with Gasteiger partial charge in [0.05, 0.1) is 0 Å². The maximum atomic E-state index is 12.6. The van der Waals surface area contributed by atoms with E-state index in [9.17, 15) is 4.79 Å². The molecule has 0 atom stereocenters. The highest BCUT2D eigenvalue weighted by molar-refractivity contribution is 5.94. The number of aryl methyl sites for hydroxylation is 1. The monoisotopic (exact) mass is 353 g/mol. The number of anilines is 1. The minimum atomic E-state index is 0. The van der Waals surface area contributed by atoms with E-state index < -0.39 is 0 Å². The van der Waals surface area contributed by atoms with Crippen LogP contribution in [0.25, 0.3) is 0 Å². The van der Waals surface area contributed by atoms with Gasteiger partial charge in [0.15, 0.2) is 0 Å². The van der Waals surface area contributed by atoms with Crippen LogP contribution in [0.4, 0.5) is 5.69 Å². The molecule has 4 nitrogen and oxygen atoms in total. The fourth-order valence-electron chi connectivity index (χ4n) is 2.65. The Morgan fingerprint density at radius 1 is 1.13 bits per heavy atom. The van der Waals surface area contributed by atoms with Gasteiger partial charge in [0.25, 0.3) is 0 Å². The maximum absolute atomic E-state index is 12.6. The van der Waals surface area contributed by atoms with E-state index in [1.807, 2.05) is 35.2 Å². The van der Waals surface area contributed by atoms with Gasteiger partial charge >= 0.3 is 0 Å². The molecule has 2 heterocycles. The summed E-state index contributed by atoms with van der Waals surface area (Å²) in [5, 5.41) is 3.36. The Labute approximate surface area is 149 Å². The van der Waals surface area contributed by atoms with Crippen LogP contribution >= 0.6 is 24.8 Å². The van der Waals surface area contributed by atoms with E-state index in [0.29, 0.717) is 6.42 Å². The summed E-state index contributed by atoms with van der Waals surface area (Å²) in [4.78, 5) is 18.5. The Bertz CT molecular complexity index is 622. The quantitative estimate of drug-likeness (QED) is 0.922. The number of nitrogens with one attached hydrogen (secondary N) is 1. The molecule has 0 radical (unpaired) electrons. The fourth-order valence-corrected chi connectivity index (χ4v) is 2.65. The van der Waals surface area contributed by atoms with Gasteiger partial charge in [-0.3, -0.25) is 9.78 Å². The lowest BCUT2D eigenvalue weighted by Crippen LogP contribution is -2.34. The molecule has 1 aromatic heterocycles. The average molecular weight is 354 g/mol. The average Bonchev–Trinajstić information content (AvgIpc) is 2.76. The summed E-state index contributed by atoms with van der Waals surface area (Å²) in [7, 11) is 0. The van der Waals surface area contributed by atoms with Crippen molar-refractivity contribution >= 4 is 36.4 Å². The lowest BCUT2D eigenvalue weighted by Gasteiger charge is -2.22. The largest absolute Gasteiger partial charge is 0.311 e. The number of benzene rings is 1. The first-order chi connectivity index (χ1) is 10.3. The first-order valence-electron chi connectivity index (χ1n) is 7.32. The number of carbonyl (C=O) groups excluding carboxylic acids is 1. The molecule has 124 valence electrons. The topological polar surface area (TPSA) is 45.2 Å². The second-order valence-corrected chi connectivity index (χ2v) is 5.21. The molecule has 2 aromatic rings. The summed E-state index contributed by atoms with van der Waals surface area (Å²) in [6, 6.07) is 12.1. The van der Waals surface area contributed by atoms with Gasteiger partial charge in [0, 0.05) is 44.1 Å². The van der Waals surface area contributed by atoms with Crippen LogP contribution in [0.5, 0.6) is 0 Å². The minimum absolute atomic E-state index is 0. The highest BCUT2D eigenvalue weighted by Gasteiger charge is 2.20. The Hall–Kier alpha value is -1.62. The number of nitrogens with zero attached hydrogens (tertiary/aromatic N) is 2. The second-order valence-electron chi connectivity index (χ2n) is 5.21. The van der Waals surface area contributed by atoms with E-state index >= 15 is 0 Å². The van der Waals surface area contributed by atoms with E-state index in [1.165, 1.54) is 5.56 Å². The summed E-state index contributed by atoms with van der Waals surface area (Å²) in [6.45, 7) is 2.38. The summed E-state index contributed by atoms with van der Waals surface area (Å²) >= 11 is 0. The van der Waals surface area contributed by atoms with Crippen molar-refractivity contribution in [2.24, 2.45) is 0 Å². The van der Waals surface area contributed by atoms with Crippen LogP contribution in [-0.2, 0) is 17.8 Å². The van der Waals surface area contributed by atoms with E-state index in [0.717, 1.165) is 37.3 Å². The van der Waals surface area contributed by atoms with Crippen molar-refractivity contribution in [2.45, 2.75) is 19.4 Å². The first-order valence-corrected chi connectivity index (χ1v) is 7.32. The Morgan fingerprint density at radius 2 is 1.87 bits per heavy atom. The van der Waals surface area contributed by atoms with Gasteiger partial charge < -0.3 is 10.2 Å². The molecular formula is C17H21Cl2N3O. The summed E-state index contributed by atoms with van der Waals surface area (Å²) in [5.41, 5.74) is 3.38. The standard InChI is InChI=1S/C17H19N3O.2ClH/c21-17(6-5-14-7-9-18-10-8-14)20-12-11-19-13-15-3-1-2-4-16(15)20;;/h1-4,7-10,19H,5-6,11-13H2;2*1H. The van der Waals surface area contributed by atoms with E-state index in [2.05, 4.69) is 16.4 Å². The van der Waals surface area contributed by atoms with E-state index in [-0.39, 0.29) is 30.7 Å². The molecule has 1 aromatic carbocycles. The first kappa shape index (κ1) is 19.4. The van der Waals surface area contributed by atoms with Gasteiger partial charge in [-0.15, -0.1) is 24.8 Å². The zero-order valence-electron chi connectivity index (χ0n) is 12.8. The second kappa shape index (κ2) is 9.50. The van der Waals surface area contributed by atoms with Crippen molar-refractivity contribution in [3.63, 3.8) is 0 Å². The fraction of sp³-hybridized carbons (Fsp3) is 0.294. The number of carbonyl (C=O) groups is 1. The molecule has 1 amide bonds. The predicted octanol–water partition coefficient (Wildman–Crippen LogP) is 2.99. The predicted molar refractivity (Wildman–Crippen MR) is 97.6 cm³/mol.